The van der Waals surface area contributed by atoms with Crippen molar-refractivity contribution < 1.29 is 14.6 Å². The minimum atomic E-state index is -0.151. The maximum atomic E-state index is 9.63. The Bertz CT molecular complexity index is 587. The van der Waals surface area contributed by atoms with Crippen LogP contribution in [0.4, 0.5) is 0 Å². The second kappa shape index (κ2) is 9.87. The van der Waals surface area contributed by atoms with Crippen LogP contribution < -0.4 is 20.1 Å². The molecular formula is C18H28BrN3O3. The molecule has 0 heterocycles. The zero-order valence-electron chi connectivity index (χ0n) is 15.1. The van der Waals surface area contributed by atoms with Gasteiger partial charge in [0.15, 0.2) is 17.5 Å². The van der Waals surface area contributed by atoms with E-state index in [1.165, 1.54) is 0 Å². The van der Waals surface area contributed by atoms with E-state index in [1.54, 1.807) is 14.2 Å². The van der Waals surface area contributed by atoms with Crippen molar-refractivity contribution in [2.75, 3.05) is 20.8 Å². The number of guanidine groups is 1. The summed E-state index contributed by atoms with van der Waals surface area (Å²) in [6, 6.07) is 4.29. The summed E-state index contributed by atoms with van der Waals surface area (Å²) in [7, 11) is 3.25. The predicted molar refractivity (Wildman–Crippen MR) is 103 cm³/mol. The molecule has 0 amide bonds. The van der Waals surface area contributed by atoms with Crippen molar-refractivity contribution in [2.24, 2.45) is 4.99 Å². The largest absolute Gasteiger partial charge is 0.493 e. The number of aliphatic hydroxyl groups is 1. The maximum Gasteiger partial charge on any atom is 0.191 e. The van der Waals surface area contributed by atoms with E-state index in [1.807, 2.05) is 12.1 Å². The van der Waals surface area contributed by atoms with Crippen LogP contribution in [-0.4, -0.2) is 44.0 Å². The predicted octanol–water partition coefficient (Wildman–Crippen LogP) is 2.82. The fraction of sp³-hybridized carbons (Fsp3) is 0.611. The first-order valence-electron chi connectivity index (χ1n) is 8.70. The van der Waals surface area contributed by atoms with Crippen LogP contribution in [0, 0.1) is 0 Å². The number of halogens is 1. The summed E-state index contributed by atoms with van der Waals surface area (Å²) < 4.78 is 11.6. The van der Waals surface area contributed by atoms with E-state index in [2.05, 4.69) is 38.5 Å². The van der Waals surface area contributed by atoms with Gasteiger partial charge in [-0.1, -0.05) is 0 Å². The van der Waals surface area contributed by atoms with Crippen molar-refractivity contribution in [3.05, 3.63) is 22.2 Å². The fourth-order valence-corrected chi connectivity index (χ4v) is 3.62. The van der Waals surface area contributed by atoms with Crippen LogP contribution in [-0.2, 0) is 6.54 Å². The summed E-state index contributed by atoms with van der Waals surface area (Å²) in [6.45, 7) is 3.38. The molecule has 0 atom stereocenters. The zero-order chi connectivity index (χ0) is 18.2. The van der Waals surface area contributed by atoms with Crippen LogP contribution in [0.5, 0.6) is 11.5 Å². The normalized spacial score (nSPS) is 20.9. The highest BCUT2D eigenvalue weighted by Crippen LogP contribution is 2.36. The highest BCUT2D eigenvalue weighted by Gasteiger charge is 2.20. The van der Waals surface area contributed by atoms with Gasteiger partial charge in [0.1, 0.15) is 0 Å². The average molecular weight is 414 g/mol. The quantitative estimate of drug-likeness (QED) is 0.493. The van der Waals surface area contributed by atoms with Crippen molar-refractivity contribution in [2.45, 2.75) is 51.3 Å². The third-order valence-electron chi connectivity index (χ3n) is 4.29. The first-order valence-corrected chi connectivity index (χ1v) is 9.50. The second-order valence-corrected chi connectivity index (χ2v) is 7.01. The van der Waals surface area contributed by atoms with Gasteiger partial charge in [-0.15, -0.1) is 0 Å². The topological polar surface area (TPSA) is 75.1 Å². The lowest BCUT2D eigenvalue weighted by molar-refractivity contribution is 0.120. The highest BCUT2D eigenvalue weighted by atomic mass is 79.9. The van der Waals surface area contributed by atoms with Crippen molar-refractivity contribution in [3.63, 3.8) is 0 Å². The number of nitrogens with one attached hydrogen (secondary N) is 2. The van der Waals surface area contributed by atoms with Gasteiger partial charge < -0.3 is 25.2 Å². The lowest BCUT2D eigenvalue weighted by atomic mass is 9.93. The molecule has 1 aromatic carbocycles. The number of rotatable bonds is 6. The third kappa shape index (κ3) is 5.78. The Kier molecular flexibility index (Phi) is 7.84. The number of nitrogens with zero attached hydrogens (tertiary/aromatic N) is 1. The van der Waals surface area contributed by atoms with Crippen LogP contribution >= 0.6 is 15.9 Å². The Morgan fingerprint density at radius 2 is 1.96 bits per heavy atom. The molecule has 1 saturated carbocycles. The molecule has 6 nitrogen and oxygen atoms in total. The number of aliphatic hydroxyl groups excluding tert-OH is 1. The van der Waals surface area contributed by atoms with Crippen molar-refractivity contribution in [1.82, 2.24) is 10.6 Å². The zero-order valence-corrected chi connectivity index (χ0v) is 16.7. The van der Waals surface area contributed by atoms with E-state index in [9.17, 15) is 5.11 Å². The Hall–Kier alpha value is -1.47. The van der Waals surface area contributed by atoms with Crippen LogP contribution in [0.2, 0.25) is 0 Å². The van der Waals surface area contributed by atoms with Gasteiger partial charge in [-0.25, -0.2) is 4.99 Å². The van der Waals surface area contributed by atoms with Gasteiger partial charge in [0.25, 0.3) is 0 Å². The molecule has 1 aliphatic rings. The molecule has 0 aliphatic heterocycles. The van der Waals surface area contributed by atoms with Gasteiger partial charge in [-0.2, -0.15) is 0 Å². The molecule has 1 fully saturated rings. The van der Waals surface area contributed by atoms with Crippen molar-refractivity contribution >= 4 is 21.9 Å². The van der Waals surface area contributed by atoms with Crippen molar-refractivity contribution in [3.8, 4) is 11.5 Å². The Morgan fingerprint density at radius 3 is 2.56 bits per heavy atom. The molecule has 3 N–H and O–H groups in total. The lowest BCUT2D eigenvalue weighted by Crippen LogP contribution is -2.45. The van der Waals surface area contributed by atoms with E-state index < -0.39 is 0 Å². The number of aliphatic imine (C=N–C) groups is 1. The van der Waals surface area contributed by atoms with Crippen LogP contribution in [0.25, 0.3) is 0 Å². The van der Waals surface area contributed by atoms with Crippen molar-refractivity contribution in [1.29, 1.82) is 0 Å². The van der Waals surface area contributed by atoms with Gasteiger partial charge in [-0.3, -0.25) is 0 Å². The second-order valence-electron chi connectivity index (χ2n) is 6.16. The summed E-state index contributed by atoms with van der Waals surface area (Å²) >= 11 is 3.51. The average Bonchev–Trinajstić information content (AvgIpc) is 2.61. The molecule has 0 bridgehead atoms. The number of hydrogen-bond donors (Lipinski definition) is 3. The summed E-state index contributed by atoms with van der Waals surface area (Å²) in [6.07, 6.45) is 3.47. The molecule has 0 unspecified atom stereocenters. The molecule has 0 aromatic heterocycles. The molecule has 0 radical (unpaired) electrons. The summed E-state index contributed by atoms with van der Waals surface area (Å²) in [5.74, 6) is 2.16. The van der Waals surface area contributed by atoms with Crippen LogP contribution in [0.3, 0.4) is 0 Å². The summed E-state index contributed by atoms with van der Waals surface area (Å²) in [5, 5.41) is 16.4. The van der Waals surface area contributed by atoms with E-state index in [4.69, 9.17) is 9.47 Å². The number of hydrogen-bond acceptors (Lipinski definition) is 4. The smallest absolute Gasteiger partial charge is 0.191 e. The molecule has 140 valence electrons. The minimum absolute atomic E-state index is 0.151. The maximum absolute atomic E-state index is 9.63. The first kappa shape index (κ1) is 19.8. The summed E-state index contributed by atoms with van der Waals surface area (Å²) in [5.41, 5.74) is 1.03. The molecule has 7 heteroatoms. The molecule has 1 aliphatic carbocycles. The van der Waals surface area contributed by atoms with Gasteiger partial charge >= 0.3 is 0 Å². The fourth-order valence-electron chi connectivity index (χ4n) is 2.97. The molecule has 2 rings (SSSR count). The third-order valence-corrected chi connectivity index (χ3v) is 4.88. The molecule has 0 saturated heterocycles. The first-order chi connectivity index (χ1) is 12.1. The Morgan fingerprint density at radius 1 is 1.24 bits per heavy atom. The number of methoxy groups -OCH3 is 2. The highest BCUT2D eigenvalue weighted by molar-refractivity contribution is 9.10. The lowest BCUT2D eigenvalue weighted by Gasteiger charge is -2.27. The molecular weight excluding hydrogens is 386 g/mol. The number of ether oxygens (including phenoxy) is 2. The molecule has 0 spiro atoms. The molecule has 25 heavy (non-hydrogen) atoms. The van der Waals surface area contributed by atoms with Gasteiger partial charge in [0, 0.05) is 12.6 Å². The standard InChI is InChI=1S/C18H28BrN3O3/c1-4-20-18(22-13-5-7-14(23)8-6-13)21-11-12-9-15(19)17(25-3)16(10-12)24-2/h9-10,13-14,23H,4-8,11H2,1-3H3,(H2,20,21,22). The number of benzene rings is 1. The Labute approximate surface area is 158 Å². The van der Waals surface area contributed by atoms with Crippen LogP contribution in [0.1, 0.15) is 38.2 Å². The van der Waals surface area contributed by atoms with E-state index in [-0.39, 0.29) is 6.10 Å². The van der Waals surface area contributed by atoms with E-state index >= 15 is 0 Å². The monoisotopic (exact) mass is 413 g/mol. The SMILES string of the molecule is CCNC(=NCc1cc(Br)c(OC)c(OC)c1)NC1CCC(O)CC1. The van der Waals surface area contributed by atoms with E-state index in [0.717, 1.165) is 48.2 Å². The van der Waals surface area contributed by atoms with Crippen LogP contribution in [0.15, 0.2) is 21.6 Å². The van der Waals surface area contributed by atoms with Gasteiger partial charge in [-0.05, 0) is 66.2 Å². The minimum Gasteiger partial charge on any atom is -0.493 e. The van der Waals surface area contributed by atoms with Gasteiger partial charge in [0.2, 0.25) is 0 Å². The summed E-state index contributed by atoms with van der Waals surface area (Å²) in [4.78, 5) is 4.68. The van der Waals surface area contributed by atoms with E-state index in [0.29, 0.717) is 24.1 Å². The van der Waals surface area contributed by atoms with Gasteiger partial charge in [0.05, 0.1) is 31.3 Å². The Balaban J connectivity index is 2.06. The molecule has 1 aromatic rings.